The van der Waals surface area contributed by atoms with Crippen molar-refractivity contribution in [3.8, 4) is 0 Å². The Morgan fingerprint density at radius 1 is 1.29 bits per heavy atom. The minimum Gasteiger partial charge on any atom is -0.369 e. The highest BCUT2D eigenvalue weighted by Gasteiger charge is 2.62. The molecular formula is C15H16N2O4. The Bertz CT molecular complexity index is 600. The van der Waals surface area contributed by atoms with Crippen molar-refractivity contribution in [1.29, 1.82) is 0 Å². The highest BCUT2D eigenvalue weighted by Crippen LogP contribution is 2.58. The fourth-order valence-electron chi connectivity index (χ4n) is 4.03. The average Bonchev–Trinajstić information content (AvgIpc) is 3.10. The van der Waals surface area contributed by atoms with Gasteiger partial charge in [-0.05, 0) is 42.7 Å². The Kier molecular flexibility index (Phi) is 2.75. The smallest absolute Gasteiger partial charge is 0.269 e. The SMILES string of the molecule is O=C(NC[C@@H]1C[C@H]2C[C@H]1[C@@H]1O[C@H]21)c1ccc([N+](=O)[O-])cc1. The van der Waals surface area contributed by atoms with Crippen molar-refractivity contribution in [2.45, 2.75) is 25.0 Å². The molecule has 1 aliphatic heterocycles. The van der Waals surface area contributed by atoms with E-state index in [0.717, 1.165) is 6.42 Å². The molecule has 2 saturated carbocycles. The number of nitrogens with one attached hydrogen (secondary N) is 1. The Morgan fingerprint density at radius 3 is 2.67 bits per heavy atom. The molecule has 1 amide bonds. The molecule has 0 radical (unpaired) electrons. The topological polar surface area (TPSA) is 84.8 Å². The van der Waals surface area contributed by atoms with Gasteiger partial charge >= 0.3 is 0 Å². The van der Waals surface area contributed by atoms with Crippen LogP contribution in [0.1, 0.15) is 23.2 Å². The molecular weight excluding hydrogens is 272 g/mol. The van der Waals surface area contributed by atoms with Gasteiger partial charge in [0.05, 0.1) is 17.1 Å². The second-order valence-corrected chi connectivity index (χ2v) is 6.23. The summed E-state index contributed by atoms with van der Waals surface area (Å²) in [6, 6.07) is 5.70. The van der Waals surface area contributed by atoms with Gasteiger partial charge in [-0.15, -0.1) is 0 Å². The summed E-state index contributed by atoms with van der Waals surface area (Å²) in [6.45, 7) is 0.670. The molecule has 3 aliphatic rings. The first-order valence-corrected chi connectivity index (χ1v) is 7.31. The van der Waals surface area contributed by atoms with E-state index in [1.165, 1.54) is 30.7 Å². The molecule has 1 aromatic rings. The molecule has 1 N–H and O–H groups in total. The minimum atomic E-state index is -0.469. The number of ether oxygens (including phenoxy) is 1. The van der Waals surface area contributed by atoms with Gasteiger partial charge in [0.15, 0.2) is 0 Å². The maximum Gasteiger partial charge on any atom is 0.269 e. The van der Waals surface area contributed by atoms with E-state index in [9.17, 15) is 14.9 Å². The first-order valence-electron chi connectivity index (χ1n) is 7.31. The number of epoxide rings is 1. The normalized spacial score (nSPS) is 35.3. The van der Waals surface area contributed by atoms with Crippen molar-refractivity contribution >= 4 is 11.6 Å². The zero-order chi connectivity index (χ0) is 14.6. The molecule has 0 spiro atoms. The van der Waals surface area contributed by atoms with Gasteiger partial charge in [-0.2, -0.15) is 0 Å². The van der Waals surface area contributed by atoms with Gasteiger partial charge < -0.3 is 10.1 Å². The van der Waals surface area contributed by atoms with E-state index in [1.807, 2.05) is 0 Å². The number of carbonyl (C=O) groups excluding carboxylic acids is 1. The predicted molar refractivity (Wildman–Crippen MR) is 73.8 cm³/mol. The van der Waals surface area contributed by atoms with E-state index < -0.39 is 4.92 Å². The lowest BCUT2D eigenvalue weighted by atomic mass is 9.89. The first-order chi connectivity index (χ1) is 10.1. The van der Waals surface area contributed by atoms with Crippen LogP contribution in [-0.2, 0) is 4.74 Å². The molecule has 110 valence electrons. The number of hydrogen-bond acceptors (Lipinski definition) is 4. The maximum atomic E-state index is 12.1. The van der Waals surface area contributed by atoms with E-state index in [2.05, 4.69) is 5.32 Å². The molecule has 3 fully saturated rings. The lowest BCUT2D eigenvalue weighted by molar-refractivity contribution is -0.384. The Morgan fingerprint density at radius 2 is 2.05 bits per heavy atom. The van der Waals surface area contributed by atoms with Crippen LogP contribution in [0.15, 0.2) is 24.3 Å². The Labute approximate surface area is 121 Å². The zero-order valence-electron chi connectivity index (χ0n) is 11.4. The van der Waals surface area contributed by atoms with Crippen LogP contribution >= 0.6 is 0 Å². The number of amides is 1. The quantitative estimate of drug-likeness (QED) is 0.519. The summed E-state index contributed by atoms with van der Waals surface area (Å²) >= 11 is 0. The van der Waals surface area contributed by atoms with E-state index >= 15 is 0 Å². The van der Waals surface area contributed by atoms with Crippen LogP contribution in [0.5, 0.6) is 0 Å². The van der Waals surface area contributed by atoms with Crippen molar-refractivity contribution in [2.24, 2.45) is 17.8 Å². The lowest BCUT2D eigenvalue weighted by Crippen LogP contribution is -2.33. The van der Waals surface area contributed by atoms with Crippen LogP contribution in [0.2, 0.25) is 0 Å². The second-order valence-electron chi connectivity index (χ2n) is 6.23. The fourth-order valence-corrected chi connectivity index (χ4v) is 4.03. The van der Waals surface area contributed by atoms with Crippen molar-refractivity contribution < 1.29 is 14.5 Å². The number of benzene rings is 1. The molecule has 0 unspecified atom stereocenters. The van der Waals surface area contributed by atoms with Crippen molar-refractivity contribution in [1.82, 2.24) is 5.32 Å². The molecule has 0 aromatic heterocycles. The molecule has 5 atom stereocenters. The molecule has 6 nitrogen and oxygen atoms in total. The number of non-ortho nitro benzene ring substituents is 1. The molecule has 2 aliphatic carbocycles. The van der Waals surface area contributed by atoms with Gasteiger partial charge in [0.1, 0.15) is 0 Å². The summed E-state index contributed by atoms with van der Waals surface area (Å²) in [4.78, 5) is 22.2. The number of nitro groups is 1. The molecule has 1 saturated heterocycles. The molecule has 6 heteroatoms. The van der Waals surface area contributed by atoms with Crippen LogP contribution in [0.3, 0.4) is 0 Å². The van der Waals surface area contributed by atoms with Crippen molar-refractivity contribution in [3.63, 3.8) is 0 Å². The summed E-state index contributed by atoms with van der Waals surface area (Å²) in [5.74, 6) is 1.65. The van der Waals surface area contributed by atoms with Gasteiger partial charge in [-0.3, -0.25) is 14.9 Å². The minimum absolute atomic E-state index is 0.00317. The van der Waals surface area contributed by atoms with E-state index in [-0.39, 0.29) is 11.6 Å². The number of carbonyl (C=O) groups is 1. The molecule has 1 aromatic carbocycles. The standard InChI is InChI=1S/C15H16N2O4/c18-15(8-1-3-11(4-2-8)17(19)20)16-7-10-5-9-6-12(10)14-13(9)21-14/h1-4,9-10,12-14H,5-7H2,(H,16,18)/t9-,10-,12+,13+,14-/m0/s1. The summed E-state index contributed by atoms with van der Waals surface area (Å²) in [7, 11) is 0. The summed E-state index contributed by atoms with van der Waals surface area (Å²) in [5, 5.41) is 13.5. The fraction of sp³-hybridized carbons (Fsp3) is 0.533. The van der Waals surface area contributed by atoms with Crippen molar-refractivity contribution in [2.75, 3.05) is 6.54 Å². The first kappa shape index (κ1) is 12.8. The lowest BCUT2D eigenvalue weighted by Gasteiger charge is -2.19. The van der Waals surface area contributed by atoms with Crippen LogP contribution in [0.25, 0.3) is 0 Å². The van der Waals surface area contributed by atoms with E-state index in [0.29, 0.717) is 42.1 Å². The van der Waals surface area contributed by atoms with Crippen LogP contribution in [0.4, 0.5) is 5.69 Å². The highest BCUT2D eigenvalue weighted by molar-refractivity contribution is 5.94. The van der Waals surface area contributed by atoms with E-state index in [1.54, 1.807) is 0 Å². The second kappa shape index (κ2) is 4.53. The number of hydrogen-bond donors (Lipinski definition) is 1. The van der Waals surface area contributed by atoms with Gasteiger partial charge in [0.2, 0.25) is 0 Å². The van der Waals surface area contributed by atoms with Crippen LogP contribution < -0.4 is 5.32 Å². The largest absolute Gasteiger partial charge is 0.369 e. The zero-order valence-corrected chi connectivity index (χ0v) is 11.4. The molecule has 2 bridgehead atoms. The van der Waals surface area contributed by atoms with Gasteiger partial charge in [0, 0.05) is 24.2 Å². The van der Waals surface area contributed by atoms with E-state index in [4.69, 9.17) is 4.74 Å². The van der Waals surface area contributed by atoms with Crippen LogP contribution in [-0.4, -0.2) is 29.6 Å². The third kappa shape index (κ3) is 2.10. The summed E-state index contributed by atoms with van der Waals surface area (Å²) < 4.78 is 5.62. The Balaban J connectivity index is 1.34. The van der Waals surface area contributed by atoms with Crippen LogP contribution in [0, 0.1) is 27.9 Å². The van der Waals surface area contributed by atoms with Gasteiger partial charge in [-0.1, -0.05) is 0 Å². The summed E-state index contributed by atoms with van der Waals surface area (Å²) in [6.07, 6.45) is 3.35. The Hall–Kier alpha value is -1.95. The average molecular weight is 288 g/mol. The van der Waals surface area contributed by atoms with Gasteiger partial charge in [-0.25, -0.2) is 0 Å². The van der Waals surface area contributed by atoms with Gasteiger partial charge in [0.25, 0.3) is 11.6 Å². The summed E-state index contributed by atoms with van der Waals surface area (Å²) in [5.41, 5.74) is 0.459. The monoisotopic (exact) mass is 288 g/mol. The highest BCUT2D eigenvalue weighted by atomic mass is 16.6. The third-order valence-corrected chi connectivity index (χ3v) is 5.10. The number of fused-ring (bicyclic) bond motifs is 5. The van der Waals surface area contributed by atoms with Crippen molar-refractivity contribution in [3.05, 3.63) is 39.9 Å². The number of rotatable bonds is 4. The predicted octanol–water partition coefficient (Wildman–Crippen LogP) is 1.75. The third-order valence-electron chi connectivity index (χ3n) is 5.10. The number of nitro benzene ring substituents is 1. The maximum absolute atomic E-state index is 12.1. The molecule has 21 heavy (non-hydrogen) atoms. The number of nitrogens with zero attached hydrogens (tertiary/aromatic N) is 1. The molecule has 1 heterocycles. The molecule has 4 rings (SSSR count).